The number of carbonyl (C=O) groups excluding carboxylic acids is 1. The Morgan fingerprint density at radius 3 is 2.18 bits per heavy atom. The predicted molar refractivity (Wildman–Crippen MR) is 66.7 cm³/mol. The van der Waals surface area contributed by atoms with Crippen LogP contribution in [-0.4, -0.2) is 55.3 Å². The third kappa shape index (κ3) is 2.43. The fourth-order valence-corrected chi connectivity index (χ4v) is 2.65. The van der Waals surface area contributed by atoms with E-state index in [1.54, 1.807) is 0 Å². The number of hydrogen-bond donors (Lipinski definition) is 1. The fourth-order valence-electron chi connectivity index (χ4n) is 2.35. The predicted octanol–water partition coefficient (Wildman–Crippen LogP) is -0.0719. The Morgan fingerprint density at radius 1 is 1.12 bits per heavy atom. The van der Waals surface area contributed by atoms with E-state index in [0.717, 1.165) is 0 Å². The molecule has 2 saturated heterocycles. The molecular weight excluding hydrogens is 240 g/mol. The number of carbonyl (C=O) groups is 1. The number of ether oxygens (including phenoxy) is 2. The molecule has 2 aliphatic rings. The second-order valence-electron chi connectivity index (χ2n) is 4.46. The topological polar surface area (TPSA) is 64.8 Å². The molecular formula is C11H18N2O3S. The van der Waals surface area contributed by atoms with Crippen molar-refractivity contribution < 1.29 is 14.3 Å². The Balaban J connectivity index is 2.14. The number of morpholine rings is 1. The third-order valence-corrected chi connectivity index (χ3v) is 3.92. The maximum Gasteiger partial charge on any atom is 0.235 e. The molecule has 0 aliphatic carbocycles. The van der Waals surface area contributed by atoms with Gasteiger partial charge in [-0.15, -0.1) is 0 Å². The van der Waals surface area contributed by atoms with Gasteiger partial charge in [-0.05, 0) is 12.8 Å². The second-order valence-corrected chi connectivity index (χ2v) is 4.90. The van der Waals surface area contributed by atoms with Crippen LogP contribution in [0.1, 0.15) is 12.8 Å². The van der Waals surface area contributed by atoms with Crippen molar-refractivity contribution in [1.82, 2.24) is 4.90 Å². The van der Waals surface area contributed by atoms with Crippen LogP contribution in [-0.2, 0) is 14.3 Å². The monoisotopic (exact) mass is 258 g/mol. The van der Waals surface area contributed by atoms with Crippen LogP contribution in [0.4, 0.5) is 0 Å². The molecule has 2 heterocycles. The molecule has 0 bridgehead atoms. The zero-order chi connectivity index (χ0) is 12.3. The van der Waals surface area contributed by atoms with Crippen LogP contribution in [0.5, 0.6) is 0 Å². The van der Waals surface area contributed by atoms with Gasteiger partial charge in [-0.3, -0.25) is 4.79 Å². The number of nitrogens with two attached hydrogens (primary N) is 1. The van der Waals surface area contributed by atoms with Crippen molar-refractivity contribution in [1.29, 1.82) is 0 Å². The second kappa shape index (κ2) is 5.29. The first-order chi connectivity index (χ1) is 8.17. The van der Waals surface area contributed by atoms with Crippen molar-refractivity contribution in [3.05, 3.63) is 0 Å². The first-order valence-electron chi connectivity index (χ1n) is 5.91. The normalized spacial score (nSPS) is 24.4. The molecule has 0 unspecified atom stereocenters. The molecule has 0 spiro atoms. The first kappa shape index (κ1) is 12.7. The van der Waals surface area contributed by atoms with Gasteiger partial charge in [-0.2, -0.15) is 0 Å². The molecule has 0 radical (unpaired) electrons. The van der Waals surface area contributed by atoms with Gasteiger partial charge in [0, 0.05) is 26.3 Å². The number of amides is 1. The molecule has 0 aromatic rings. The van der Waals surface area contributed by atoms with Gasteiger partial charge < -0.3 is 20.1 Å². The summed E-state index contributed by atoms with van der Waals surface area (Å²) in [5.74, 6) is 0.0524. The number of hydrogen-bond acceptors (Lipinski definition) is 4. The highest BCUT2D eigenvalue weighted by molar-refractivity contribution is 7.80. The Labute approximate surface area is 106 Å². The van der Waals surface area contributed by atoms with E-state index in [2.05, 4.69) is 0 Å². The maximum absolute atomic E-state index is 12.6. The summed E-state index contributed by atoms with van der Waals surface area (Å²) >= 11 is 5.12. The number of rotatable bonds is 2. The molecule has 2 rings (SSSR count). The summed E-state index contributed by atoms with van der Waals surface area (Å²) in [7, 11) is 0. The summed E-state index contributed by atoms with van der Waals surface area (Å²) in [6, 6.07) is 0. The smallest absolute Gasteiger partial charge is 0.235 e. The molecule has 2 fully saturated rings. The molecule has 2 N–H and O–H groups in total. The SMILES string of the molecule is NC(=S)C1(C(=O)N2CCOCC2)CCOCC1. The molecule has 2 aliphatic heterocycles. The van der Waals surface area contributed by atoms with Crippen molar-refractivity contribution >= 4 is 23.1 Å². The number of thiocarbonyl (C=S) groups is 1. The molecule has 0 saturated carbocycles. The summed E-state index contributed by atoms with van der Waals surface area (Å²) in [6.07, 6.45) is 1.19. The summed E-state index contributed by atoms with van der Waals surface area (Å²) in [5, 5.41) is 0. The lowest BCUT2D eigenvalue weighted by Crippen LogP contribution is -2.55. The van der Waals surface area contributed by atoms with Gasteiger partial charge in [0.15, 0.2) is 0 Å². The van der Waals surface area contributed by atoms with Gasteiger partial charge in [0.05, 0.1) is 18.2 Å². The molecule has 0 aromatic heterocycles. The van der Waals surface area contributed by atoms with Crippen LogP contribution in [0.2, 0.25) is 0 Å². The van der Waals surface area contributed by atoms with Crippen LogP contribution in [0.3, 0.4) is 0 Å². The minimum absolute atomic E-state index is 0.0524. The fraction of sp³-hybridized carbons (Fsp3) is 0.818. The van der Waals surface area contributed by atoms with Crippen molar-refractivity contribution in [2.45, 2.75) is 12.8 Å². The Bertz CT molecular complexity index is 310. The third-order valence-electron chi connectivity index (χ3n) is 3.53. The van der Waals surface area contributed by atoms with E-state index >= 15 is 0 Å². The highest BCUT2D eigenvalue weighted by Gasteiger charge is 2.45. The minimum Gasteiger partial charge on any atom is -0.392 e. The highest BCUT2D eigenvalue weighted by Crippen LogP contribution is 2.33. The van der Waals surface area contributed by atoms with E-state index in [1.807, 2.05) is 4.90 Å². The first-order valence-corrected chi connectivity index (χ1v) is 6.32. The van der Waals surface area contributed by atoms with Crippen molar-refractivity contribution in [3.8, 4) is 0 Å². The average molecular weight is 258 g/mol. The van der Waals surface area contributed by atoms with Crippen LogP contribution in [0.15, 0.2) is 0 Å². The van der Waals surface area contributed by atoms with Gasteiger partial charge in [0.1, 0.15) is 5.41 Å². The zero-order valence-corrected chi connectivity index (χ0v) is 10.6. The van der Waals surface area contributed by atoms with Crippen molar-refractivity contribution in [3.63, 3.8) is 0 Å². The van der Waals surface area contributed by atoms with Crippen LogP contribution >= 0.6 is 12.2 Å². The van der Waals surface area contributed by atoms with E-state index in [4.69, 9.17) is 27.4 Å². The van der Waals surface area contributed by atoms with Gasteiger partial charge in [-0.25, -0.2) is 0 Å². The summed E-state index contributed by atoms with van der Waals surface area (Å²) in [5.41, 5.74) is 5.12. The summed E-state index contributed by atoms with van der Waals surface area (Å²) < 4.78 is 10.5. The molecule has 1 amide bonds. The Morgan fingerprint density at radius 2 is 1.65 bits per heavy atom. The van der Waals surface area contributed by atoms with E-state index < -0.39 is 5.41 Å². The maximum atomic E-state index is 12.6. The number of nitrogens with zero attached hydrogens (tertiary/aromatic N) is 1. The van der Waals surface area contributed by atoms with Crippen LogP contribution in [0.25, 0.3) is 0 Å². The molecule has 96 valence electrons. The minimum atomic E-state index is -0.690. The largest absolute Gasteiger partial charge is 0.392 e. The lowest BCUT2D eigenvalue weighted by molar-refractivity contribution is -0.146. The average Bonchev–Trinajstić information content (AvgIpc) is 2.39. The van der Waals surface area contributed by atoms with E-state index in [9.17, 15) is 4.79 Å². The summed E-state index contributed by atoms with van der Waals surface area (Å²) in [4.78, 5) is 14.7. The molecule has 0 atom stereocenters. The standard InChI is InChI=1S/C11H18N2O3S/c12-9(17)11(1-5-15-6-2-11)10(14)13-3-7-16-8-4-13/h1-8H2,(H2,12,17). The van der Waals surface area contributed by atoms with E-state index in [-0.39, 0.29) is 5.91 Å². The quantitative estimate of drug-likeness (QED) is 0.702. The zero-order valence-electron chi connectivity index (χ0n) is 9.81. The van der Waals surface area contributed by atoms with Crippen molar-refractivity contribution in [2.75, 3.05) is 39.5 Å². The van der Waals surface area contributed by atoms with Crippen molar-refractivity contribution in [2.24, 2.45) is 11.1 Å². The highest BCUT2D eigenvalue weighted by atomic mass is 32.1. The van der Waals surface area contributed by atoms with E-state index in [0.29, 0.717) is 57.3 Å². The molecule has 0 aromatic carbocycles. The van der Waals surface area contributed by atoms with Crippen LogP contribution < -0.4 is 5.73 Å². The van der Waals surface area contributed by atoms with Gasteiger partial charge in [0.25, 0.3) is 0 Å². The van der Waals surface area contributed by atoms with Gasteiger partial charge in [0.2, 0.25) is 5.91 Å². The van der Waals surface area contributed by atoms with Gasteiger partial charge in [-0.1, -0.05) is 12.2 Å². The Kier molecular flexibility index (Phi) is 3.96. The summed E-state index contributed by atoms with van der Waals surface area (Å²) in [6.45, 7) is 3.54. The lowest BCUT2D eigenvalue weighted by atomic mass is 9.78. The molecule has 6 heteroatoms. The Hall–Kier alpha value is -0.720. The molecule has 17 heavy (non-hydrogen) atoms. The lowest BCUT2D eigenvalue weighted by Gasteiger charge is -2.40. The molecule has 5 nitrogen and oxygen atoms in total. The van der Waals surface area contributed by atoms with E-state index in [1.165, 1.54) is 0 Å². The van der Waals surface area contributed by atoms with Gasteiger partial charge >= 0.3 is 0 Å². The van der Waals surface area contributed by atoms with Crippen LogP contribution in [0, 0.1) is 5.41 Å².